The number of piperidine rings is 1. The maximum absolute atomic E-state index is 14.7. The number of anilines is 1. The molecule has 3 heterocycles. The molecule has 2 aliphatic rings. The van der Waals surface area contributed by atoms with Crippen LogP contribution in [-0.4, -0.2) is 52.8 Å². The van der Waals surface area contributed by atoms with Gasteiger partial charge in [0.05, 0.1) is 11.3 Å². The molecule has 7 nitrogen and oxygen atoms in total. The molecule has 1 aromatic heterocycles. The highest BCUT2D eigenvalue weighted by Crippen LogP contribution is 2.45. The van der Waals surface area contributed by atoms with Gasteiger partial charge in [-0.25, -0.2) is 9.18 Å². The average Bonchev–Trinajstić information content (AvgIpc) is 2.96. The lowest BCUT2D eigenvalue weighted by Crippen LogP contribution is -2.39. The van der Waals surface area contributed by atoms with E-state index in [-0.39, 0.29) is 11.2 Å². The van der Waals surface area contributed by atoms with Gasteiger partial charge in [-0.05, 0) is 82.1 Å². The van der Waals surface area contributed by atoms with Gasteiger partial charge in [0.25, 0.3) is 0 Å². The molecule has 10 heteroatoms. The standard InChI is InChI=1S/C37H46F3N3O4/c1-22-30(32(43-16-13-37(6,7)14-17-43)31(23(2)41-22)33(34(44)45)47-36(3,4)5)25-8-9-26-20-42(15-12-24(26)18-25)21-27-10-11-28(19-29(27)38)46-35(39)40/h8-11,18-19,33,35H,12-17,20-21H2,1-7H3,(H,44,45)/t33-/m0/s1. The number of carboxylic acids is 1. The monoisotopic (exact) mass is 653 g/mol. The first-order valence-corrected chi connectivity index (χ1v) is 16.3. The number of halogens is 3. The molecular weight excluding hydrogens is 607 g/mol. The second-order valence-corrected chi connectivity index (χ2v) is 14.6. The maximum atomic E-state index is 14.7. The summed E-state index contributed by atoms with van der Waals surface area (Å²) in [5.74, 6) is -1.82. The minimum Gasteiger partial charge on any atom is -0.479 e. The van der Waals surface area contributed by atoms with Crippen molar-refractivity contribution in [3.05, 3.63) is 75.9 Å². The van der Waals surface area contributed by atoms with Crippen LogP contribution in [-0.2, 0) is 29.0 Å². The van der Waals surface area contributed by atoms with Crippen molar-refractivity contribution in [3.8, 4) is 16.9 Å². The largest absolute Gasteiger partial charge is 0.479 e. The number of hydrogen-bond donors (Lipinski definition) is 1. The van der Waals surface area contributed by atoms with Crippen molar-refractivity contribution in [1.29, 1.82) is 0 Å². The quantitative estimate of drug-likeness (QED) is 0.249. The van der Waals surface area contributed by atoms with Crippen LogP contribution >= 0.6 is 0 Å². The van der Waals surface area contributed by atoms with E-state index in [1.54, 1.807) is 0 Å². The molecule has 0 radical (unpaired) electrons. The number of aliphatic carboxylic acids is 1. The van der Waals surface area contributed by atoms with E-state index in [2.05, 4.69) is 46.6 Å². The fourth-order valence-electron chi connectivity index (χ4n) is 6.73. The summed E-state index contributed by atoms with van der Waals surface area (Å²) >= 11 is 0. The molecule has 3 aromatic rings. The van der Waals surface area contributed by atoms with Crippen LogP contribution in [0.5, 0.6) is 5.75 Å². The Morgan fingerprint density at radius 3 is 2.34 bits per heavy atom. The lowest BCUT2D eigenvalue weighted by Gasteiger charge is -2.41. The molecule has 1 fully saturated rings. The molecule has 0 aliphatic carbocycles. The lowest BCUT2D eigenvalue weighted by molar-refractivity contribution is -0.160. The summed E-state index contributed by atoms with van der Waals surface area (Å²) in [5, 5.41) is 10.5. The number of aromatic nitrogens is 1. The number of ether oxygens (including phenoxy) is 2. The van der Waals surface area contributed by atoms with Crippen LogP contribution in [0.25, 0.3) is 11.1 Å². The number of hydrogen-bond acceptors (Lipinski definition) is 6. The van der Waals surface area contributed by atoms with E-state index < -0.39 is 30.1 Å². The summed E-state index contributed by atoms with van der Waals surface area (Å²) in [5.41, 5.74) is 7.09. The number of benzene rings is 2. The van der Waals surface area contributed by atoms with E-state index in [9.17, 15) is 23.1 Å². The van der Waals surface area contributed by atoms with Crippen LogP contribution in [0.3, 0.4) is 0 Å². The Hall–Kier alpha value is -3.63. The molecule has 254 valence electrons. The summed E-state index contributed by atoms with van der Waals surface area (Å²) < 4.78 is 50.3. The van der Waals surface area contributed by atoms with Crippen LogP contribution < -0.4 is 9.64 Å². The van der Waals surface area contributed by atoms with Crippen molar-refractivity contribution in [3.63, 3.8) is 0 Å². The summed E-state index contributed by atoms with van der Waals surface area (Å²) in [6.07, 6.45) is 1.51. The van der Waals surface area contributed by atoms with Gasteiger partial charge < -0.3 is 19.5 Å². The number of fused-ring (bicyclic) bond motifs is 1. The van der Waals surface area contributed by atoms with Crippen molar-refractivity contribution >= 4 is 11.7 Å². The van der Waals surface area contributed by atoms with Crippen LogP contribution in [0.15, 0.2) is 36.4 Å². The molecule has 2 aromatic carbocycles. The first kappa shape index (κ1) is 34.7. The Labute approximate surface area is 275 Å². The van der Waals surface area contributed by atoms with Crippen LogP contribution in [0, 0.1) is 25.1 Å². The second kappa shape index (κ2) is 13.5. The summed E-state index contributed by atoms with van der Waals surface area (Å²) in [7, 11) is 0. The fourth-order valence-corrected chi connectivity index (χ4v) is 6.73. The van der Waals surface area contributed by atoms with Gasteiger partial charge in [0.2, 0.25) is 0 Å². The van der Waals surface area contributed by atoms with E-state index in [4.69, 9.17) is 9.72 Å². The molecule has 0 amide bonds. The van der Waals surface area contributed by atoms with Crippen molar-refractivity contribution in [2.45, 2.75) is 99.1 Å². The normalized spacial score (nSPS) is 17.5. The highest BCUT2D eigenvalue weighted by Gasteiger charge is 2.36. The summed E-state index contributed by atoms with van der Waals surface area (Å²) in [6.45, 7) is 14.2. The number of rotatable bonds is 9. The third kappa shape index (κ3) is 8.09. The smallest absolute Gasteiger partial charge is 0.387 e. The lowest BCUT2D eigenvalue weighted by atomic mass is 9.81. The van der Waals surface area contributed by atoms with E-state index >= 15 is 0 Å². The van der Waals surface area contributed by atoms with Crippen molar-refractivity contribution in [2.75, 3.05) is 24.5 Å². The van der Waals surface area contributed by atoms with Gasteiger partial charge in [0.1, 0.15) is 11.6 Å². The van der Waals surface area contributed by atoms with Crippen molar-refractivity contribution in [1.82, 2.24) is 9.88 Å². The number of carbonyl (C=O) groups is 1. The van der Waals surface area contributed by atoms with Gasteiger partial charge in [-0.3, -0.25) is 9.88 Å². The van der Waals surface area contributed by atoms with Crippen molar-refractivity contribution in [2.24, 2.45) is 5.41 Å². The topological polar surface area (TPSA) is 75.1 Å². The molecule has 0 unspecified atom stereocenters. The summed E-state index contributed by atoms with van der Waals surface area (Å²) in [4.78, 5) is 22.2. The molecule has 1 N–H and O–H groups in total. The van der Waals surface area contributed by atoms with Gasteiger partial charge in [-0.1, -0.05) is 38.1 Å². The maximum Gasteiger partial charge on any atom is 0.387 e. The zero-order chi connectivity index (χ0) is 34.3. The Bertz CT molecular complexity index is 1630. The first-order chi connectivity index (χ1) is 22.0. The van der Waals surface area contributed by atoms with Gasteiger partial charge in [-0.15, -0.1) is 0 Å². The zero-order valence-corrected chi connectivity index (χ0v) is 28.4. The molecule has 0 bridgehead atoms. The van der Waals surface area contributed by atoms with Gasteiger partial charge in [-0.2, -0.15) is 8.78 Å². The van der Waals surface area contributed by atoms with Gasteiger partial charge >= 0.3 is 12.6 Å². The molecule has 0 spiro atoms. The highest BCUT2D eigenvalue weighted by molar-refractivity contribution is 5.88. The van der Waals surface area contributed by atoms with E-state index in [1.165, 1.54) is 17.7 Å². The molecule has 1 saturated heterocycles. The van der Waals surface area contributed by atoms with Crippen molar-refractivity contribution < 1.29 is 32.5 Å². The molecule has 5 rings (SSSR count). The predicted molar refractivity (Wildman–Crippen MR) is 176 cm³/mol. The average molecular weight is 654 g/mol. The third-order valence-corrected chi connectivity index (χ3v) is 9.20. The predicted octanol–water partition coefficient (Wildman–Crippen LogP) is 8.23. The van der Waals surface area contributed by atoms with E-state index in [0.29, 0.717) is 36.5 Å². The first-order valence-electron chi connectivity index (χ1n) is 16.3. The summed E-state index contributed by atoms with van der Waals surface area (Å²) in [6, 6.07) is 10.2. The molecule has 1 atom stereocenters. The Balaban J connectivity index is 1.51. The SMILES string of the molecule is Cc1nc(C)c([C@H](OC(C)(C)C)C(=O)O)c(N2CCC(C)(C)CC2)c1-c1ccc2c(c1)CCN(Cc1ccc(OC(F)F)cc1F)C2. The molecule has 0 saturated carbocycles. The number of pyridine rings is 1. The highest BCUT2D eigenvalue weighted by atomic mass is 19.3. The molecular formula is C37H46F3N3O4. The Morgan fingerprint density at radius 1 is 1.02 bits per heavy atom. The second-order valence-electron chi connectivity index (χ2n) is 14.6. The number of carboxylic acid groups (broad SMARTS) is 1. The van der Waals surface area contributed by atoms with E-state index in [0.717, 1.165) is 66.5 Å². The molecule has 2 aliphatic heterocycles. The third-order valence-electron chi connectivity index (χ3n) is 9.20. The van der Waals surface area contributed by atoms with E-state index in [1.807, 2.05) is 34.6 Å². The minimum absolute atomic E-state index is 0.199. The van der Waals surface area contributed by atoms with Crippen LogP contribution in [0.1, 0.15) is 87.2 Å². The van der Waals surface area contributed by atoms with Gasteiger partial charge in [0.15, 0.2) is 6.10 Å². The van der Waals surface area contributed by atoms with Crippen LogP contribution in [0.2, 0.25) is 0 Å². The van der Waals surface area contributed by atoms with Gasteiger partial charge in [0, 0.05) is 66.9 Å². The Kier molecular flexibility index (Phi) is 9.94. The number of nitrogens with zero attached hydrogens (tertiary/aromatic N) is 3. The minimum atomic E-state index is -3.01. The number of alkyl halides is 2. The number of aryl methyl sites for hydroxylation is 2. The van der Waals surface area contributed by atoms with Crippen LogP contribution in [0.4, 0.5) is 18.9 Å². The molecule has 47 heavy (non-hydrogen) atoms. The Morgan fingerprint density at radius 2 is 1.72 bits per heavy atom. The fraction of sp³-hybridized carbons (Fsp3) is 0.514. The zero-order valence-electron chi connectivity index (χ0n) is 28.4.